The Labute approximate surface area is 174 Å². The van der Waals surface area contributed by atoms with Gasteiger partial charge in [0.15, 0.2) is 16.7 Å². The number of anilines is 1. The molecule has 0 unspecified atom stereocenters. The minimum atomic E-state index is -0.0972. The number of furan rings is 1. The maximum absolute atomic E-state index is 12.3. The number of nitrogens with zero attached hydrogens (tertiary/aromatic N) is 3. The van der Waals surface area contributed by atoms with E-state index < -0.39 is 0 Å². The van der Waals surface area contributed by atoms with Crippen molar-refractivity contribution < 1.29 is 9.21 Å². The third-order valence-electron chi connectivity index (χ3n) is 4.25. The highest BCUT2D eigenvalue weighted by atomic mass is 79.9. The third-order valence-corrected chi connectivity index (χ3v) is 6.16. The fourth-order valence-electron chi connectivity index (χ4n) is 2.80. The monoisotopic (exact) mass is 456 g/mol. The quantitative estimate of drug-likeness (QED) is 0.426. The highest BCUT2D eigenvalue weighted by Gasteiger charge is 2.16. The van der Waals surface area contributed by atoms with Crippen LogP contribution < -0.4 is 5.32 Å². The molecular weight excluding hydrogens is 440 g/mol. The summed E-state index contributed by atoms with van der Waals surface area (Å²) in [4.78, 5) is 12.3. The number of para-hydroxylation sites is 1. The zero-order chi connectivity index (χ0) is 19.7. The number of halogens is 1. The molecule has 4 aromatic rings. The van der Waals surface area contributed by atoms with E-state index >= 15 is 0 Å². The van der Waals surface area contributed by atoms with Gasteiger partial charge in [-0.15, -0.1) is 10.2 Å². The van der Waals surface area contributed by atoms with Crippen molar-refractivity contribution in [2.45, 2.75) is 12.1 Å². The van der Waals surface area contributed by atoms with Crippen LogP contribution in [0.3, 0.4) is 0 Å². The number of fused-ring (bicyclic) bond motifs is 1. The highest BCUT2D eigenvalue weighted by Crippen LogP contribution is 2.28. The van der Waals surface area contributed by atoms with E-state index in [2.05, 4.69) is 31.4 Å². The summed E-state index contributed by atoms with van der Waals surface area (Å²) < 4.78 is 8.70. The molecule has 0 atom stereocenters. The Bertz CT molecular complexity index is 1140. The zero-order valence-corrected chi connectivity index (χ0v) is 17.7. The number of carbonyl (C=O) groups excluding carboxylic acids is 1. The first-order chi connectivity index (χ1) is 13.5. The second kappa shape index (κ2) is 7.81. The van der Waals surface area contributed by atoms with Crippen LogP contribution in [0.25, 0.3) is 22.6 Å². The topological polar surface area (TPSA) is 73.0 Å². The average molecular weight is 457 g/mol. The van der Waals surface area contributed by atoms with Crippen molar-refractivity contribution in [3.05, 3.63) is 58.6 Å². The molecule has 2 aromatic heterocycles. The van der Waals surface area contributed by atoms with Crippen LogP contribution in [0.2, 0.25) is 0 Å². The van der Waals surface area contributed by atoms with Gasteiger partial charge in [0.1, 0.15) is 5.58 Å². The van der Waals surface area contributed by atoms with Gasteiger partial charge in [0.05, 0.1) is 5.75 Å². The van der Waals surface area contributed by atoms with Crippen molar-refractivity contribution in [3.63, 3.8) is 0 Å². The van der Waals surface area contributed by atoms with E-state index in [1.54, 1.807) is 0 Å². The minimum Gasteiger partial charge on any atom is -0.453 e. The van der Waals surface area contributed by atoms with E-state index in [1.165, 1.54) is 11.8 Å². The number of hydrogen-bond donors (Lipinski definition) is 1. The summed E-state index contributed by atoms with van der Waals surface area (Å²) in [6, 6.07) is 15.4. The summed E-state index contributed by atoms with van der Waals surface area (Å²) in [6.45, 7) is 1.98. The van der Waals surface area contributed by atoms with E-state index in [0.717, 1.165) is 26.7 Å². The fourth-order valence-corrected chi connectivity index (χ4v) is 3.75. The summed E-state index contributed by atoms with van der Waals surface area (Å²) in [7, 11) is 1.86. The minimum absolute atomic E-state index is 0.0972. The maximum atomic E-state index is 12.3. The van der Waals surface area contributed by atoms with Crippen LogP contribution in [0.15, 0.2) is 62.6 Å². The smallest absolute Gasteiger partial charge is 0.234 e. The number of thioether (sulfide) groups is 1. The second-order valence-corrected chi connectivity index (χ2v) is 8.11. The van der Waals surface area contributed by atoms with Gasteiger partial charge in [0.2, 0.25) is 5.91 Å². The number of rotatable bonds is 5. The normalized spacial score (nSPS) is 11.1. The highest BCUT2D eigenvalue weighted by molar-refractivity contribution is 9.10. The van der Waals surface area contributed by atoms with E-state index in [4.69, 9.17) is 4.42 Å². The lowest BCUT2D eigenvalue weighted by molar-refractivity contribution is -0.113. The molecule has 1 N–H and O–H groups in total. The van der Waals surface area contributed by atoms with Gasteiger partial charge in [-0.3, -0.25) is 4.79 Å². The Morgan fingerprint density at radius 2 is 2.04 bits per heavy atom. The van der Waals surface area contributed by atoms with Crippen LogP contribution in [0.4, 0.5) is 5.69 Å². The van der Waals surface area contributed by atoms with Gasteiger partial charge >= 0.3 is 0 Å². The number of aromatic nitrogens is 3. The maximum Gasteiger partial charge on any atom is 0.234 e. The molecular formula is C20H17BrN4O2S. The van der Waals surface area contributed by atoms with Crippen LogP contribution in [-0.4, -0.2) is 26.4 Å². The van der Waals surface area contributed by atoms with E-state index in [9.17, 15) is 4.79 Å². The van der Waals surface area contributed by atoms with E-state index in [0.29, 0.717) is 16.7 Å². The van der Waals surface area contributed by atoms with Gasteiger partial charge in [0, 0.05) is 22.6 Å². The molecule has 28 heavy (non-hydrogen) atoms. The number of amides is 1. The number of nitrogens with one attached hydrogen (secondary N) is 1. The van der Waals surface area contributed by atoms with Gasteiger partial charge in [0.25, 0.3) is 0 Å². The van der Waals surface area contributed by atoms with Crippen molar-refractivity contribution >= 4 is 50.3 Å². The van der Waals surface area contributed by atoms with Crippen LogP contribution in [-0.2, 0) is 11.8 Å². The number of benzene rings is 2. The predicted molar refractivity (Wildman–Crippen MR) is 114 cm³/mol. The van der Waals surface area contributed by atoms with Crippen molar-refractivity contribution in [1.82, 2.24) is 14.8 Å². The fraction of sp³-hybridized carbons (Fsp3) is 0.150. The van der Waals surface area contributed by atoms with Crippen LogP contribution in [0.5, 0.6) is 0 Å². The van der Waals surface area contributed by atoms with Crippen molar-refractivity contribution in [1.29, 1.82) is 0 Å². The molecule has 0 saturated heterocycles. The second-order valence-electron chi connectivity index (χ2n) is 6.31. The summed E-state index contributed by atoms with van der Waals surface area (Å²) in [5.74, 6) is 1.42. The first-order valence-electron chi connectivity index (χ1n) is 8.58. The molecule has 1 amide bonds. The molecule has 8 heteroatoms. The molecule has 0 radical (unpaired) electrons. The lowest BCUT2D eigenvalue weighted by Crippen LogP contribution is -2.14. The van der Waals surface area contributed by atoms with E-state index in [1.807, 2.05) is 67.1 Å². The lowest BCUT2D eigenvalue weighted by atomic mass is 10.2. The molecule has 0 bridgehead atoms. The molecule has 4 rings (SSSR count). The van der Waals surface area contributed by atoms with Gasteiger partial charge in [-0.1, -0.05) is 45.9 Å². The molecule has 0 aliphatic carbocycles. The number of hydrogen-bond acceptors (Lipinski definition) is 5. The summed E-state index contributed by atoms with van der Waals surface area (Å²) in [6.07, 6.45) is 0. The number of aryl methyl sites for hydroxylation is 1. The Kier molecular flexibility index (Phi) is 5.23. The zero-order valence-electron chi connectivity index (χ0n) is 15.3. The van der Waals surface area contributed by atoms with Gasteiger partial charge < -0.3 is 14.3 Å². The molecule has 0 spiro atoms. The molecule has 2 heterocycles. The Hall–Kier alpha value is -2.58. The largest absolute Gasteiger partial charge is 0.453 e. The molecule has 142 valence electrons. The molecule has 0 aliphatic heterocycles. The van der Waals surface area contributed by atoms with Crippen LogP contribution >= 0.6 is 27.7 Å². The third kappa shape index (κ3) is 3.83. The molecule has 6 nitrogen and oxygen atoms in total. The van der Waals surface area contributed by atoms with Crippen molar-refractivity contribution in [2.24, 2.45) is 7.05 Å². The summed E-state index contributed by atoms with van der Waals surface area (Å²) >= 11 is 4.79. The van der Waals surface area contributed by atoms with E-state index in [-0.39, 0.29) is 11.7 Å². The Balaban J connectivity index is 1.44. The van der Waals surface area contributed by atoms with Crippen LogP contribution in [0.1, 0.15) is 5.56 Å². The van der Waals surface area contributed by atoms with Gasteiger partial charge in [-0.2, -0.15) is 0 Å². The number of carbonyl (C=O) groups is 1. The molecule has 2 aromatic carbocycles. The summed E-state index contributed by atoms with van der Waals surface area (Å²) in [5.41, 5.74) is 2.64. The molecule has 0 aliphatic rings. The van der Waals surface area contributed by atoms with Crippen molar-refractivity contribution in [3.8, 4) is 11.6 Å². The molecule has 0 saturated carbocycles. The average Bonchev–Trinajstić information content (AvgIpc) is 3.26. The standard InChI is InChI=1S/C20H17BrN4O2S/c1-12-9-14(7-8-15(12)21)22-18(26)11-28-20-24-23-19(25(20)2)17-10-13-5-3-4-6-16(13)27-17/h3-10H,11H2,1-2H3,(H,22,26). The van der Waals surface area contributed by atoms with Gasteiger partial charge in [-0.25, -0.2) is 0 Å². The Morgan fingerprint density at radius 1 is 1.21 bits per heavy atom. The van der Waals surface area contributed by atoms with Crippen LogP contribution in [0, 0.1) is 6.92 Å². The molecule has 0 fully saturated rings. The van der Waals surface area contributed by atoms with Gasteiger partial charge in [-0.05, 0) is 42.8 Å². The summed E-state index contributed by atoms with van der Waals surface area (Å²) in [5, 5.41) is 13.0. The predicted octanol–water partition coefficient (Wildman–Crippen LogP) is 5.03. The first-order valence-corrected chi connectivity index (χ1v) is 10.4. The Morgan fingerprint density at radius 3 is 2.82 bits per heavy atom. The van der Waals surface area contributed by atoms with Crippen molar-refractivity contribution in [2.75, 3.05) is 11.1 Å². The SMILES string of the molecule is Cc1cc(NC(=O)CSc2nnc(-c3cc4ccccc4o3)n2C)ccc1Br. The lowest BCUT2D eigenvalue weighted by Gasteiger charge is -2.07. The first kappa shape index (κ1) is 18.8.